The Labute approximate surface area is 103 Å². The molecule has 1 aliphatic heterocycles. The molecule has 1 saturated heterocycles. The summed E-state index contributed by atoms with van der Waals surface area (Å²) in [4.78, 5) is 11.9. The molecule has 1 heterocycles. The Morgan fingerprint density at radius 2 is 2.06 bits per heavy atom. The molecule has 1 aliphatic carbocycles. The van der Waals surface area contributed by atoms with Gasteiger partial charge in [-0.25, -0.2) is 0 Å². The fourth-order valence-electron chi connectivity index (χ4n) is 2.66. The first-order chi connectivity index (χ1) is 8.25. The Kier molecular flexibility index (Phi) is 4.80. The lowest BCUT2D eigenvalue weighted by molar-refractivity contribution is -0.135. The SMILES string of the molecule is CC(OC1CCNC1)C(=O)NC1CCCCC1. The lowest BCUT2D eigenvalue weighted by atomic mass is 9.95. The van der Waals surface area contributed by atoms with E-state index in [1.807, 2.05) is 6.92 Å². The van der Waals surface area contributed by atoms with Gasteiger partial charge in [-0.1, -0.05) is 19.3 Å². The quantitative estimate of drug-likeness (QED) is 0.776. The zero-order valence-electron chi connectivity index (χ0n) is 10.7. The van der Waals surface area contributed by atoms with E-state index < -0.39 is 0 Å². The molecule has 2 fully saturated rings. The highest BCUT2D eigenvalue weighted by molar-refractivity contribution is 5.80. The van der Waals surface area contributed by atoms with Crippen molar-refractivity contribution in [2.75, 3.05) is 13.1 Å². The summed E-state index contributed by atoms with van der Waals surface area (Å²) < 4.78 is 5.74. The van der Waals surface area contributed by atoms with Crippen molar-refractivity contribution in [2.45, 2.75) is 63.7 Å². The van der Waals surface area contributed by atoms with Crippen LogP contribution < -0.4 is 10.6 Å². The van der Waals surface area contributed by atoms with Gasteiger partial charge in [-0.3, -0.25) is 4.79 Å². The summed E-state index contributed by atoms with van der Waals surface area (Å²) in [7, 11) is 0. The van der Waals surface area contributed by atoms with Crippen molar-refractivity contribution in [2.24, 2.45) is 0 Å². The second-order valence-corrected chi connectivity index (χ2v) is 5.24. The van der Waals surface area contributed by atoms with Crippen LogP contribution in [0, 0.1) is 0 Å². The van der Waals surface area contributed by atoms with Gasteiger partial charge in [0.1, 0.15) is 6.10 Å². The van der Waals surface area contributed by atoms with Gasteiger partial charge in [-0.2, -0.15) is 0 Å². The second-order valence-electron chi connectivity index (χ2n) is 5.24. The van der Waals surface area contributed by atoms with Crippen LogP contribution in [0.5, 0.6) is 0 Å². The Morgan fingerprint density at radius 1 is 1.29 bits per heavy atom. The first-order valence-electron chi connectivity index (χ1n) is 6.92. The van der Waals surface area contributed by atoms with E-state index in [9.17, 15) is 4.79 Å². The number of nitrogens with one attached hydrogen (secondary N) is 2. The van der Waals surface area contributed by atoms with Crippen LogP contribution in [-0.4, -0.2) is 37.2 Å². The molecule has 98 valence electrons. The van der Waals surface area contributed by atoms with Gasteiger partial charge in [0.25, 0.3) is 0 Å². The molecule has 1 saturated carbocycles. The summed E-state index contributed by atoms with van der Waals surface area (Å²) in [6.45, 7) is 3.74. The maximum atomic E-state index is 11.9. The van der Waals surface area contributed by atoms with Crippen LogP contribution >= 0.6 is 0 Å². The predicted octanol–water partition coefficient (Wildman–Crippen LogP) is 1.20. The number of amides is 1. The third-order valence-electron chi connectivity index (χ3n) is 3.73. The van der Waals surface area contributed by atoms with E-state index in [-0.39, 0.29) is 18.1 Å². The van der Waals surface area contributed by atoms with E-state index in [0.29, 0.717) is 6.04 Å². The fraction of sp³-hybridized carbons (Fsp3) is 0.923. The Balaban J connectivity index is 1.70. The van der Waals surface area contributed by atoms with Crippen LogP contribution in [0.15, 0.2) is 0 Å². The van der Waals surface area contributed by atoms with Crippen LogP contribution in [0.3, 0.4) is 0 Å². The molecule has 0 aromatic carbocycles. The molecule has 4 heteroatoms. The van der Waals surface area contributed by atoms with Crippen molar-refractivity contribution in [1.82, 2.24) is 10.6 Å². The Hall–Kier alpha value is -0.610. The number of carbonyl (C=O) groups is 1. The van der Waals surface area contributed by atoms with Crippen molar-refractivity contribution >= 4 is 5.91 Å². The van der Waals surface area contributed by atoms with E-state index >= 15 is 0 Å². The third kappa shape index (κ3) is 3.96. The molecular weight excluding hydrogens is 216 g/mol. The molecular formula is C13H24N2O2. The molecule has 17 heavy (non-hydrogen) atoms. The molecule has 0 radical (unpaired) electrons. The molecule has 0 aromatic rings. The molecule has 2 unspecified atom stereocenters. The second kappa shape index (κ2) is 6.36. The first-order valence-corrected chi connectivity index (χ1v) is 6.92. The summed E-state index contributed by atoms with van der Waals surface area (Å²) in [6.07, 6.45) is 6.96. The summed E-state index contributed by atoms with van der Waals surface area (Å²) in [5, 5.41) is 6.35. The highest BCUT2D eigenvalue weighted by Crippen LogP contribution is 2.17. The van der Waals surface area contributed by atoms with Gasteiger partial charge in [-0.15, -0.1) is 0 Å². The smallest absolute Gasteiger partial charge is 0.249 e. The highest BCUT2D eigenvalue weighted by Gasteiger charge is 2.24. The number of hydrogen-bond acceptors (Lipinski definition) is 3. The van der Waals surface area contributed by atoms with E-state index in [0.717, 1.165) is 32.4 Å². The van der Waals surface area contributed by atoms with E-state index in [1.165, 1.54) is 19.3 Å². The van der Waals surface area contributed by atoms with Gasteiger partial charge >= 0.3 is 0 Å². The molecule has 1 amide bonds. The van der Waals surface area contributed by atoms with Crippen molar-refractivity contribution in [3.05, 3.63) is 0 Å². The van der Waals surface area contributed by atoms with Gasteiger partial charge in [0.2, 0.25) is 5.91 Å². The van der Waals surface area contributed by atoms with E-state index in [1.54, 1.807) is 0 Å². The normalized spacial score (nSPS) is 27.9. The van der Waals surface area contributed by atoms with Crippen LogP contribution in [-0.2, 0) is 9.53 Å². The first kappa shape index (κ1) is 12.8. The lowest BCUT2D eigenvalue weighted by Gasteiger charge is -2.25. The molecule has 2 N–H and O–H groups in total. The van der Waals surface area contributed by atoms with E-state index in [4.69, 9.17) is 4.74 Å². The number of hydrogen-bond donors (Lipinski definition) is 2. The van der Waals surface area contributed by atoms with Crippen LogP contribution in [0.2, 0.25) is 0 Å². The minimum absolute atomic E-state index is 0.0591. The maximum Gasteiger partial charge on any atom is 0.249 e. The third-order valence-corrected chi connectivity index (χ3v) is 3.73. The molecule has 0 aromatic heterocycles. The Morgan fingerprint density at radius 3 is 2.71 bits per heavy atom. The van der Waals surface area contributed by atoms with Gasteiger partial charge in [0.15, 0.2) is 0 Å². The summed E-state index contributed by atoms with van der Waals surface area (Å²) in [6, 6.07) is 0.379. The fourth-order valence-corrected chi connectivity index (χ4v) is 2.66. The van der Waals surface area contributed by atoms with E-state index in [2.05, 4.69) is 10.6 Å². The topological polar surface area (TPSA) is 50.4 Å². The van der Waals surface area contributed by atoms with Crippen LogP contribution in [0.25, 0.3) is 0 Å². The molecule has 2 rings (SSSR count). The van der Waals surface area contributed by atoms with Crippen LogP contribution in [0.1, 0.15) is 45.4 Å². The zero-order valence-corrected chi connectivity index (χ0v) is 10.7. The predicted molar refractivity (Wildman–Crippen MR) is 66.8 cm³/mol. The maximum absolute atomic E-state index is 11.9. The molecule has 4 nitrogen and oxygen atoms in total. The number of rotatable bonds is 4. The average molecular weight is 240 g/mol. The lowest BCUT2D eigenvalue weighted by Crippen LogP contribution is -2.43. The zero-order chi connectivity index (χ0) is 12.1. The van der Waals surface area contributed by atoms with Gasteiger partial charge in [-0.05, 0) is 32.7 Å². The summed E-state index contributed by atoms with van der Waals surface area (Å²) >= 11 is 0. The van der Waals surface area contributed by atoms with Gasteiger partial charge in [0, 0.05) is 12.6 Å². The van der Waals surface area contributed by atoms with Crippen molar-refractivity contribution in [1.29, 1.82) is 0 Å². The van der Waals surface area contributed by atoms with Gasteiger partial charge < -0.3 is 15.4 Å². The van der Waals surface area contributed by atoms with Crippen LogP contribution in [0.4, 0.5) is 0 Å². The number of ether oxygens (including phenoxy) is 1. The highest BCUT2D eigenvalue weighted by atomic mass is 16.5. The standard InChI is InChI=1S/C13H24N2O2/c1-10(17-12-7-8-14-9-12)13(16)15-11-5-3-2-4-6-11/h10-12,14H,2-9H2,1H3,(H,15,16). The average Bonchev–Trinajstić information content (AvgIpc) is 2.83. The minimum atomic E-state index is -0.318. The van der Waals surface area contributed by atoms with Crippen molar-refractivity contribution in [3.8, 4) is 0 Å². The Bertz CT molecular complexity index is 246. The minimum Gasteiger partial charge on any atom is -0.364 e. The summed E-state index contributed by atoms with van der Waals surface area (Å²) in [5.41, 5.74) is 0. The summed E-state index contributed by atoms with van der Waals surface area (Å²) in [5.74, 6) is 0.0591. The molecule has 0 bridgehead atoms. The largest absolute Gasteiger partial charge is 0.364 e. The molecule has 0 spiro atoms. The van der Waals surface area contributed by atoms with Gasteiger partial charge in [0.05, 0.1) is 6.10 Å². The molecule has 2 atom stereocenters. The molecule has 2 aliphatic rings. The van der Waals surface area contributed by atoms with Crippen molar-refractivity contribution < 1.29 is 9.53 Å². The number of carbonyl (C=O) groups excluding carboxylic acids is 1. The monoisotopic (exact) mass is 240 g/mol. The van der Waals surface area contributed by atoms with Crippen molar-refractivity contribution in [3.63, 3.8) is 0 Å².